The molecule has 2 aromatic carbocycles. The summed E-state index contributed by atoms with van der Waals surface area (Å²) in [5.41, 5.74) is 12.0. The fourth-order valence-corrected chi connectivity index (χ4v) is 3.83. The molecule has 0 spiro atoms. The molecule has 0 amide bonds. The molecule has 0 aliphatic carbocycles. The molecule has 178 valence electrons. The zero-order valence-corrected chi connectivity index (χ0v) is 20.5. The molecule has 0 saturated heterocycles. The van der Waals surface area contributed by atoms with Crippen LogP contribution in [-0.4, -0.2) is 50.7 Å². The third-order valence-corrected chi connectivity index (χ3v) is 5.80. The molecular formula is C28H34FN5. The summed E-state index contributed by atoms with van der Waals surface area (Å²) in [7, 11) is 5.97. The summed E-state index contributed by atoms with van der Waals surface area (Å²) >= 11 is 0. The van der Waals surface area contributed by atoms with E-state index in [4.69, 9.17) is 5.73 Å². The Morgan fingerprint density at radius 1 is 1.00 bits per heavy atom. The summed E-state index contributed by atoms with van der Waals surface area (Å²) in [4.78, 5) is 8.49. The Balaban J connectivity index is 1.98. The predicted octanol–water partition coefficient (Wildman–Crippen LogP) is 5.36. The van der Waals surface area contributed by atoms with Crippen LogP contribution in [0.4, 0.5) is 15.9 Å². The highest BCUT2D eigenvalue weighted by Crippen LogP contribution is 2.33. The van der Waals surface area contributed by atoms with Gasteiger partial charge in [0.15, 0.2) is 0 Å². The summed E-state index contributed by atoms with van der Waals surface area (Å²) in [6.45, 7) is 8.81. The van der Waals surface area contributed by atoms with E-state index >= 15 is 0 Å². The first-order valence-corrected chi connectivity index (χ1v) is 11.4. The molecule has 0 atom stereocenters. The maximum Gasteiger partial charge on any atom is 0.222 e. The van der Waals surface area contributed by atoms with Crippen LogP contribution in [0, 0.1) is 5.95 Å². The van der Waals surface area contributed by atoms with Gasteiger partial charge in [-0.1, -0.05) is 36.9 Å². The van der Waals surface area contributed by atoms with E-state index < -0.39 is 5.95 Å². The lowest BCUT2D eigenvalue weighted by atomic mass is 9.96. The molecule has 5 nitrogen and oxygen atoms in total. The number of rotatable bonds is 10. The first-order valence-electron chi connectivity index (χ1n) is 11.4. The van der Waals surface area contributed by atoms with E-state index in [1.165, 1.54) is 0 Å². The molecule has 0 fully saturated rings. The largest absolute Gasteiger partial charge is 0.394 e. The fraction of sp³-hybridized carbons (Fsp3) is 0.250. The quantitative estimate of drug-likeness (QED) is 0.400. The predicted molar refractivity (Wildman–Crippen MR) is 144 cm³/mol. The molecule has 1 heterocycles. The van der Waals surface area contributed by atoms with Gasteiger partial charge in [-0.3, -0.25) is 0 Å². The number of aromatic nitrogens is 1. The van der Waals surface area contributed by atoms with Gasteiger partial charge in [-0.2, -0.15) is 4.39 Å². The average molecular weight is 460 g/mol. The Morgan fingerprint density at radius 3 is 2.32 bits per heavy atom. The van der Waals surface area contributed by atoms with Gasteiger partial charge in [0.1, 0.15) is 5.82 Å². The molecule has 0 bridgehead atoms. The van der Waals surface area contributed by atoms with Crippen molar-refractivity contribution in [3.63, 3.8) is 0 Å². The van der Waals surface area contributed by atoms with Gasteiger partial charge in [0.2, 0.25) is 5.95 Å². The molecule has 3 N–H and O–H groups in total. The van der Waals surface area contributed by atoms with E-state index in [9.17, 15) is 4.39 Å². The minimum atomic E-state index is -0.577. The number of benzene rings is 2. The molecule has 0 saturated carbocycles. The SMILES string of the molecule is C=Cc1ccc(-c2cc(-c3ccc(N(CC)CCN(C)C)cc3)c(F)nc2N)cc1/C=C\NC. The number of anilines is 2. The van der Waals surface area contributed by atoms with E-state index in [0.717, 1.165) is 47.6 Å². The number of nitrogens with two attached hydrogens (primary N) is 1. The van der Waals surface area contributed by atoms with Crippen molar-refractivity contribution >= 4 is 23.7 Å². The molecule has 34 heavy (non-hydrogen) atoms. The van der Waals surface area contributed by atoms with Crippen molar-refractivity contribution in [1.82, 2.24) is 15.2 Å². The van der Waals surface area contributed by atoms with Crippen LogP contribution in [0.2, 0.25) is 0 Å². The van der Waals surface area contributed by atoms with Gasteiger partial charge >= 0.3 is 0 Å². The van der Waals surface area contributed by atoms with Gasteiger partial charge in [0, 0.05) is 43.5 Å². The Labute approximate surface area is 202 Å². The summed E-state index contributed by atoms with van der Waals surface area (Å²) < 4.78 is 14.9. The highest BCUT2D eigenvalue weighted by molar-refractivity contribution is 5.82. The van der Waals surface area contributed by atoms with Crippen LogP contribution >= 0.6 is 0 Å². The topological polar surface area (TPSA) is 57.4 Å². The Kier molecular flexibility index (Phi) is 8.44. The van der Waals surface area contributed by atoms with E-state index in [-0.39, 0.29) is 5.82 Å². The molecule has 0 aliphatic heterocycles. The van der Waals surface area contributed by atoms with E-state index in [0.29, 0.717) is 11.1 Å². The molecule has 1 aromatic heterocycles. The van der Waals surface area contributed by atoms with Crippen molar-refractivity contribution in [2.75, 3.05) is 51.4 Å². The number of nitrogens with zero attached hydrogens (tertiary/aromatic N) is 3. The monoisotopic (exact) mass is 459 g/mol. The van der Waals surface area contributed by atoms with Crippen molar-refractivity contribution in [2.45, 2.75) is 6.92 Å². The smallest absolute Gasteiger partial charge is 0.222 e. The molecule has 3 aromatic rings. The van der Waals surface area contributed by atoms with E-state index in [2.05, 4.69) is 47.7 Å². The summed E-state index contributed by atoms with van der Waals surface area (Å²) in [5.74, 6) is -0.416. The maximum absolute atomic E-state index is 14.9. The molecule has 0 unspecified atom stereocenters. The van der Waals surface area contributed by atoms with Crippen LogP contribution in [0.3, 0.4) is 0 Å². The highest BCUT2D eigenvalue weighted by atomic mass is 19.1. The van der Waals surface area contributed by atoms with Crippen LogP contribution in [-0.2, 0) is 0 Å². The number of halogens is 1. The third-order valence-electron chi connectivity index (χ3n) is 5.80. The lowest BCUT2D eigenvalue weighted by molar-refractivity contribution is 0.414. The second-order valence-corrected chi connectivity index (χ2v) is 8.36. The van der Waals surface area contributed by atoms with Crippen molar-refractivity contribution in [3.05, 3.63) is 78.4 Å². The number of hydrogen-bond donors (Lipinski definition) is 2. The van der Waals surface area contributed by atoms with Gasteiger partial charge in [0.05, 0.1) is 0 Å². The van der Waals surface area contributed by atoms with Crippen molar-refractivity contribution in [2.24, 2.45) is 0 Å². The molecule has 6 heteroatoms. The minimum Gasteiger partial charge on any atom is -0.394 e. The van der Waals surface area contributed by atoms with Crippen molar-refractivity contribution < 1.29 is 4.39 Å². The average Bonchev–Trinajstić information content (AvgIpc) is 2.83. The minimum absolute atomic E-state index is 0.161. The van der Waals surface area contributed by atoms with Crippen LogP contribution in [0.25, 0.3) is 34.4 Å². The number of hydrogen-bond acceptors (Lipinski definition) is 5. The van der Waals surface area contributed by atoms with Gasteiger partial charge in [0.25, 0.3) is 0 Å². The van der Waals surface area contributed by atoms with Crippen LogP contribution in [0.5, 0.6) is 0 Å². The zero-order chi connectivity index (χ0) is 24.7. The molecule has 0 radical (unpaired) electrons. The summed E-state index contributed by atoms with van der Waals surface area (Å²) in [6, 6.07) is 15.7. The van der Waals surface area contributed by atoms with Gasteiger partial charge in [-0.05, 0) is 79.8 Å². The van der Waals surface area contributed by atoms with Crippen LogP contribution in [0.1, 0.15) is 18.1 Å². The first kappa shape index (κ1) is 25.0. The second-order valence-electron chi connectivity index (χ2n) is 8.36. The number of nitrogens with one attached hydrogen (secondary N) is 1. The van der Waals surface area contributed by atoms with Gasteiger partial charge in [-0.15, -0.1) is 0 Å². The van der Waals surface area contributed by atoms with Gasteiger partial charge in [-0.25, -0.2) is 4.98 Å². The normalized spacial score (nSPS) is 11.2. The lowest BCUT2D eigenvalue weighted by Gasteiger charge is -2.25. The summed E-state index contributed by atoms with van der Waals surface area (Å²) in [6.07, 6.45) is 5.61. The standard InChI is InChI=1S/C28H34FN5/c1-6-20-8-9-23(18-22(20)14-15-31-3)26-19-25(27(29)32-28(26)30)21-10-12-24(13-11-21)34(7-2)17-16-33(4)5/h6,8-15,18-19,31H,1,7,16-17H2,2-5H3,(H2,30,32)/b15-14-. The van der Waals surface area contributed by atoms with E-state index in [1.54, 1.807) is 12.1 Å². The van der Waals surface area contributed by atoms with Crippen LogP contribution in [0.15, 0.2) is 61.3 Å². The molecular weight excluding hydrogens is 425 g/mol. The van der Waals surface area contributed by atoms with E-state index in [1.807, 2.05) is 61.8 Å². The fourth-order valence-electron chi connectivity index (χ4n) is 3.83. The first-order chi connectivity index (χ1) is 16.4. The Bertz CT molecular complexity index is 1150. The number of likely N-dealkylation sites (N-methyl/N-ethyl adjacent to an activating group) is 2. The Morgan fingerprint density at radius 2 is 1.71 bits per heavy atom. The second kappa shape index (κ2) is 11.5. The van der Waals surface area contributed by atoms with Crippen LogP contribution < -0.4 is 16.0 Å². The maximum atomic E-state index is 14.9. The van der Waals surface area contributed by atoms with Crippen molar-refractivity contribution in [1.29, 1.82) is 0 Å². The lowest BCUT2D eigenvalue weighted by Crippen LogP contribution is -2.31. The van der Waals surface area contributed by atoms with Crippen molar-refractivity contribution in [3.8, 4) is 22.3 Å². The Hall–Kier alpha value is -3.64. The number of nitrogen functional groups attached to an aromatic ring is 1. The third kappa shape index (κ3) is 5.83. The molecule has 3 rings (SSSR count). The zero-order valence-electron chi connectivity index (χ0n) is 20.5. The molecule has 0 aliphatic rings. The van der Waals surface area contributed by atoms with Gasteiger partial charge < -0.3 is 20.9 Å². The number of pyridine rings is 1. The summed E-state index contributed by atoms with van der Waals surface area (Å²) in [5, 5.41) is 3.00. The highest BCUT2D eigenvalue weighted by Gasteiger charge is 2.15.